The number of aryl methyl sites for hydroxylation is 1. The van der Waals surface area contributed by atoms with Crippen molar-refractivity contribution in [3.8, 4) is 0 Å². The Morgan fingerprint density at radius 1 is 1.13 bits per heavy atom. The summed E-state index contributed by atoms with van der Waals surface area (Å²) in [6, 6.07) is 15.8. The summed E-state index contributed by atoms with van der Waals surface area (Å²) in [5.41, 5.74) is 6.37. The molecule has 3 unspecified atom stereocenters. The normalized spacial score (nSPS) is 28.1. The predicted molar refractivity (Wildman–Crippen MR) is 122 cm³/mol. The molecule has 1 amide bonds. The highest BCUT2D eigenvalue weighted by Gasteiger charge is 2.48. The van der Waals surface area contributed by atoms with E-state index in [0.29, 0.717) is 12.0 Å². The molecule has 0 saturated heterocycles. The molecule has 4 aliphatic rings. The third-order valence-corrected chi connectivity index (χ3v) is 7.91. The van der Waals surface area contributed by atoms with Crippen LogP contribution in [0.5, 0.6) is 0 Å². The highest BCUT2D eigenvalue weighted by molar-refractivity contribution is 6.07. The number of fused-ring (bicyclic) bond motifs is 3. The van der Waals surface area contributed by atoms with Gasteiger partial charge >= 0.3 is 0 Å². The molecule has 0 spiro atoms. The number of unbranched alkanes of at least 4 members (excludes halogenated alkanes) is 1. The maximum absolute atomic E-state index is 13.0. The van der Waals surface area contributed by atoms with E-state index in [2.05, 4.69) is 63.9 Å². The molecule has 1 aliphatic carbocycles. The summed E-state index contributed by atoms with van der Waals surface area (Å²) in [6.45, 7) is 1.96. The molecule has 3 heterocycles. The van der Waals surface area contributed by atoms with Gasteiger partial charge in [0.25, 0.3) is 0 Å². The van der Waals surface area contributed by atoms with Crippen molar-refractivity contribution in [1.29, 1.82) is 0 Å². The number of nitrogens with one attached hydrogen (secondary N) is 1. The van der Waals surface area contributed by atoms with Crippen LogP contribution < -0.4 is 10.2 Å². The number of carbonyl (C=O) groups excluding carboxylic acids is 1. The second-order valence-corrected chi connectivity index (χ2v) is 9.40. The van der Waals surface area contributed by atoms with Crippen molar-refractivity contribution in [3.63, 3.8) is 0 Å². The third-order valence-electron chi connectivity index (χ3n) is 7.91. The van der Waals surface area contributed by atoms with E-state index in [4.69, 9.17) is 0 Å². The fourth-order valence-electron chi connectivity index (χ4n) is 6.56. The summed E-state index contributed by atoms with van der Waals surface area (Å²) < 4.78 is 0. The van der Waals surface area contributed by atoms with Crippen LogP contribution in [0.4, 0.5) is 11.4 Å². The van der Waals surface area contributed by atoms with Crippen LogP contribution >= 0.6 is 0 Å². The maximum Gasteiger partial charge on any atom is 0.235 e. The summed E-state index contributed by atoms with van der Waals surface area (Å²) >= 11 is 0. The highest BCUT2D eigenvalue weighted by Crippen LogP contribution is 2.50. The highest BCUT2D eigenvalue weighted by atomic mass is 16.2. The standard InChI is InChI=1S/C26H29N3O/c30-25-26(14-6-8-18-7-5-10-21(28-25)24(18)26)13-3-4-16-29-22-11-2-1-9-19(22)20-12-15-27-17-23(20)29/h1-2,5,7,9-11,15,20,23H,3-4,6,8,12-14,16-17H2,(H,28,30). The van der Waals surface area contributed by atoms with Crippen LogP contribution in [0.1, 0.15) is 61.1 Å². The first-order chi connectivity index (χ1) is 14.8. The van der Waals surface area contributed by atoms with E-state index in [1.54, 1.807) is 0 Å². The fourth-order valence-corrected chi connectivity index (χ4v) is 6.56. The van der Waals surface area contributed by atoms with Crippen LogP contribution in [0.2, 0.25) is 0 Å². The molecule has 2 aromatic carbocycles. The minimum absolute atomic E-state index is 0.234. The van der Waals surface area contributed by atoms with Crippen molar-refractivity contribution in [1.82, 2.24) is 0 Å². The molecule has 4 heteroatoms. The van der Waals surface area contributed by atoms with Gasteiger partial charge in [0.2, 0.25) is 5.91 Å². The lowest BCUT2D eigenvalue weighted by atomic mass is 9.68. The van der Waals surface area contributed by atoms with Crippen LogP contribution in [0.3, 0.4) is 0 Å². The Bertz CT molecular complexity index is 1030. The second-order valence-electron chi connectivity index (χ2n) is 9.40. The van der Waals surface area contributed by atoms with Gasteiger partial charge in [-0.1, -0.05) is 36.8 Å². The molecule has 3 atom stereocenters. The molecule has 0 saturated carbocycles. The number of carbonyl (C=O) groups is 1. The van der Waals surface area contributed by atoms with Gasteiger partial charge in [0.05, 0.1) is 18.0 Å². The minimum Gasteiger partial charge on any atom is -0.366 e. The molecule has 6 rings (SSSR count). The van der Waals surface area contributed by atoms with Crippen molar-refractivity contribution >= 4 is 23.5 Å². The Balaban J connectivity index is 1.18. The number of aliphatic imine (C=N–C) groups is 1. The maximum atomic E-state index is 13.0. The summed E-state index contributed by atoms with van der Waals surface area (Å²) in [6.07, 6.45) is 9.55. The van der Waals surface area contributed by atoms with Gasteiger partial charge in [0, 0.05) is 23.8 Å². The van der Waals surface area contributed by atoms with E-state index < -0.39 is 0 Å². The number of rotatable bonds is 5. The second kappa shape index (κ2) is 6.97. The summed E-state index contributed by atoms with van der Waals surface area (Å²) in [7, 11) is 0. The van der Waals surface area contributed by atoms with Crippen molar-refractivity contribution in [3.05, 3.63) is 59.2 Å². The fraction of sp³-hybridized carbons (Fsp3) is 0.462. The van der Waals surface area contributed by atoms with Crippen molar-refractivity contribution in [2.45, 2.75) is 62.3 Å². The van der Waals surface area contributed by atoms with Gasteiger partial charge in [-0.05, 0) is 73.6 Å². The van der Waals surface area contributed by atoms with Crippen molar-refractivity contribution in [2.75, 3.05) is 23.3 Å². The van der Waals surface area contributed by atoms with Crippen LogP contribution in [-0.4, -0.2) is 31.3 Å². The molecule has 2 aromatic rings. The number of hydrogen-bond acceptors (Lipinski definition) is 3. The van der Waals surface area contributed by atoms with Crippen LogP contribution in [0.25, 0.3) is 0 Å². The first-order valence-corrected chi connectivity index (χ1v) is 11.6. The van der Waals surface area contributed by atoms with Gasteiger partial charge in [-0.3, -0.25) is 9.79 Å². The molecule has 30 heavy (non-hydrogen) atoms. The van der Waals surface area contributed by atoms with Gasteiger partial charge in [0.15, 0.2) is 0 Å². The number of amides is 1. The SMILES string of the molecule is O=C1Nc2cccc3c2C1(CCCCN1c2ccccc2C2CC=NCC21)CCC3. The van der Waals surface area contributed by atoms with Crippen LogP contribution in [0.15, 0.2) is 47.5 Å². The molecule has 154 valence electrons. The molecule has 0 fully saturated rings. The molecule has 0 aromatic heterocycles. The van der Waals surface area contributed by atoms with E-state index >= 15 is 0 Å². The smallest absolute Gasteiger partial charge is 0.235 e. The lowest BCUT2D eigenvalue weighted by molar-refractivity contribution is -0.121. The van der Waals surface area contributed by atoms with E-state index in [0.717, 1.165) is 63.7 Å². The Morgan fingerprint density at radius 2 is 2.07 bits per heavy atom. The third kappa shape index (κ3) is 2.59. The summed E-state index contributed by atoms with van der Waals surface area (Å²) in [5.74, 6) is 0.823. The number of para-hydroxylation sites is 1. The van der Waals surface area contributed by atoms with E-state index in [9.17, 15) is 4.79 Å². The monoisotopic (exact) mass is 399 g/mol. The molecule has 1 N–H and O–H groups in total. The van der Waals surface area contributed by atoms with E-state index in [1.807, 2.05) is 0 Å². The first-order valence-electron chi connectivity index (χ1n) is 11.6. The molecular weight excluding hydrogens is 370 g/mol. The van der Waals surface area contributed by atoms with Crippen molar-refractivity contribution in [2.24, 2.45) is 4.99 Å². The van der Waals surface area contributed by atoms with Crippen molar-refractivity contribution < 1.29 is 4.79 Å². The first kappa shape index (κ1) is 18.2. The topological polar surface area (TPSA) is 44.7 Å². The lowest BCUT2D eigenvalue weighted by Gasteiger charge is -2.34. The van der Waals surface area contributed by atoms with Gasteiger partial charge in [0.1, 0.15) is 0 Å². The molecule has 3 aliphatic heterocycles. The van der Waals surface area contributed by atoms with Gasteiger partial charge < -0.3 is 10.2 Å². The lowest BCUT2D eigenvalue weighted by Crippen LogP contribution is -2.39. The zero-order chi connectivity index (χ0) is 20.1. The Hall–Kier alpha value is -2.62. The van der Waals surface area contributed by atoms with E-state index in [1.165, 1.54) is 22.4 Å². The number of benzene rings is 2. The Morgan fingerprint density at radius 3 is 3.03 bits per heavy atom. The van der Waals surface area contributed by atoms with Crippen LogP contribution in [-0.2, 0) is 16.6 Å². The molecule has 4 nitrogen and oxygen atoms in total. The average Bonchev–Trinajstić information content (AvgIpc) is 3.25. The molecule has 0 radical (unpaired) electrons. The largest absolute Gasteiger partial charge is 0.366 e. The zero-order valence-electron chi connectivity index (χ0n) is 17.4. The quantitative estimate of drug-likeness (QED) is 0.732. The predicted octanol–water partition coefficient (Wildman–Crippen LogP) is 4.83. The summed E-state index contributed by atoms with van der Waals surface area (Å²) in [5, 5.41) is 3.19. The van der Waals surface area contributed by atoms with Crippen LogP contribution in [0, 0.1) is 0 Å². The zero-order valence-corrected chi connectivity index (χ0v) is 17.4. The Labute approximate surface area is 178 Å². The number of anilines is 2. The minimum atomic E-state index is -0.287. The van der Waals surface area contributed by atoms with Gasteiger partial charge in [-0.2, -0.15) is 0 Å². The number of hydrogen-bond donors (Lipinski definition) is 1. The average molecular weight is 400 g/mol. The van der Waals surface area contributed by atoms with Gasteiger partial charge in [-0.15, -0.1) is 0 Å². The Kier molecular flexibility index (Phi) is 4.22. The van der Waals surface area contributed by atoms with Gasteiger partial charge in [-0.25, -0.2) is 0 Å². The molecular formula is C26H29N3O. The van der Waals surface area contributed by atoms with E-state index in [-0.39, 0.29) is 11.3 Å². The molecule has 0 bridgehead atoms. The number of nitrogens with zero attached hydrogens (tertiary/aromatic N) is 2. The summed E-state index contributed by atoms with van der Waals surface area (Å²) in [4.78, 5) is 20.2.